The lowest BCUT2D eigenvalue weighted by atomic mass is 9.92. The predicted molar refractivity (Wildman–Crippen MR) is 171 cm³/mol. The quantitative estimate of drug-likeness (QED) is 0.278. The molecule has 0 amide bonds. The van der Waals surface area contributed by atoms with Gasteiger partial charge in [-0.2, -0.15) is 0 Å². The van der Waals surface area contributed by atoms with Crippen LogP contribution in [0.15, 0.2) is 93.8 Å². The zero-order valence-corrected chi connectivity index (χ0v) is 24.6. The van der Waals surface area contributed by atoms with Gasteiger partial charge in [0.15, 0.2) is 5.78 Å². The van der Waals surface area contributed by atoms with Crippen LogP contribution < -0.4 is 9.80 Å². The molecule has 4 rings (SSSR count). The molecule has 0 unspecified atom stereocenters. The Balaban J connectivity index is 1.66. The second-order valence-electron chi connectivity index (χ2n) is 10.6. The molecule has 6 heteroatoms. The van der Waals surface area contributed by atoms with Gasteiger partial charge >= 0.3 is 0 Å². The van der Waals surface area contributed by atoms with Crippen molar-refractivity contribution in [3.05, 3.63) is 78.9 Å². The number of hydrogen-bond donors (Lipinski definition) is 0. The maximum Gasteiger partial charge on any atom is 0.183 e. The van der Waals surface area contributed by atoms with Crippen molar-refractivity contribution in [2.75, 3.05) is 22.9 Å². The van der Waals surface area contributed by atoms with Crippen molar-refractivity contribution in [2.45, 2.75) is 66.5 Å². The summed E-state index contributed by atoms with van der Waals surface area (Å²) in [6, 6.07) is 27.0. The van der Waals surface area contributed by atoms with E-state index in [0.717, 1.165) is 41.6 Å². The van der Waals surface area contributed by atoms with Crippen molar-refractivity contribution in [3.63, 3.8) is 0 Å². The van der Waals surface area contributed by atoms with Gasteiger partial charge in [-0.25, -0.2) is 4.99 Å². The van der Waals surface area contributed by atoms with Gasteiger partial charge in [0, 0.05) is 43.0 Å². The maximum atomic E-state index is 13.2. The van der Waals surface area contributed by atoms with Crippen LogP contribution >= 0.6 is 0 Å². The number of Topliss-reactive ketones (excluding diaryl/α,β-unsaturated/α-hetero) is 1. The summed E-state index contributed by atoms with van der Waals surface area (Å²) in [6.45, 7) is 15.0. The van der Waals surface area contributed by atoms with Gasteiger partial charge in [0.2, 0.25) is 0 Å². The second kappa shape index (κ2) is 13.3. The molecule has 40 heavy (non-hydrogen) atoms. The van der Waals surface area contributed by atoms with Crippen LogP contribution in [0.4, 0.5) is 28.4 Å². The standard InChI is InChI=1S/C34H41N5O/c1-7-38(24(3)4)29-18-14-27(15-19-29)36-31-22-33(34(40)23-32(31)35-26-12-10-9-11-13-26)37-28-16-20-30(21-17-28)39(8-2)25(5)6/h9-21,24-25H,7-8,22-23H2,1-6H3. The minimum atomic E-state index is -0.0130. The number of carbonyl (C=O) groups is 1. The molecule has 6 nitrogen and oxygen atoms in total. The van der Waals surface area contributed by atoms with Crippen molar-refractivity contribution in [3.8, 4) is 0 Å². The summed E-state index contributed by atoms with van der Waals surface area (Å²) in [7, 11) is 0. The van der Waals surface area contributed by atoms with Gasteiger partial charge in [-0.1, -0.05) is 18.2 Å². The summed E-state index contributed by atoms with van der Waals surface area (Å²) in [6.07, 6.45) is 0.519. The molecule has 208 valence electrons. The molecule has 0 heterocycles. The third-order valence-corrected chi connectivity index (χ3v) is 7.16. The molecule has 0 aromatic heterocycles. The van der Waals surface area contributed by atoms with Crippen LogP contribution in [0.25, 0.3) is 0 Å². The number of carbonyl (C=O) groups excluding carboxylic acids is 1. The molecule has 0 radical (unpaired) electrons. The minimum Gasteiger partial charge on any atom is -0.369 e. The highest BCUT2D eigenvalue weighted by molar-refractivity contribution is 6.62. The second-order valence-corrected chi connectivity index (χ2v) is 10.6. The number of rotatable bonds is 9. The summed E-state index contributed by atoms with van der Waals surface area (Å²) < 4.78 is 0. The Morgan fingerprint density at radius 1 is 0.575 bits per heavy atom. The van der Waals surface area contributed by atoms with Crippen LogP contribution in [-0.4, -0.2) is 48.1 Å². The molecule has 0 aliphatic heterocycles. The summed E-state index contributed by atoms with van der Waals surface area (Å²) in [5, 5.41) is 0. The lowest BCUT2D eigenvalue weighted by Gasteiger charge is -2.27. The fourth-order valence-electron chi connectivity index (χ4n) is 5.12. The van der Waals surface area contributed by atoms with Gasteiger partial charge in [0.1, 0.15) is 0 Å². The molecule has 0 spiro atoms. The first kappa shape index (κ1) is 28.9. The van der Waals surface area contributed by atoms with E-state index in [0.29, 0.717) is 29.9 Å². The van der Waals surface area contributed by atoms with Crippen molar-refractivity contribution in [1.29, 1.82) is 0 Å². The minimum absolute atomic E-state index is 0.0130. The largest absolute Gasteiger partial charge is 0.369 e. The molecule has 1 aliphatic carbocycles. The molecular weight excluding hydrogens is 494 g/mol. The zero-order chi connectivity index (χ0) is 28.6. The summed E-state index contributed by atoms with van der Waals surface area (Å²) in [5.41, 5.74) is 6.73. The topological polar surface area (TPSA) is 60.6 Å². The zero-order valence-electron chi connectivity index (χ0n) is 24.6. The number of benzene rings is 3. The Morgan fingerprint density at radius 2 is 0.975 bits per heavy atom. The third kappa shape index (κ3) is 7.12. The van der Waals surface area contributed by atoms with Crippen molar-refractivity contribution < 1.29 is 4.79 Å². The van der Waals surface area contributed by atoms with Gasteiger partial charge in [0.05, 0.1) is 40.6 Å². The van der Waals surface area contributed by atoms with Crippen LogP contribution in [0.3, 0.4) is 0 Å². The Morgan fingerprint density at radius 3 is 1.40 bits per heavy atom. The van der Waals surface area contributed by atoms with Crippen molar-refractivity contribution >= 4 is 51.4 Å². The number of ketones is 1. The van der Waals surface area contributed by atoms with E-state index in [9.17, 15) is 4.79 Å². The van der Waals surface area contributed by atoms with Crippen molar-refractivity contribution in [2.24, 2.45) is 15.0 Å². The number of hydrogen-bond acceptors (Lipinski definition) is 6. The fraction of sp³-hybridized carbons (Fsp3) is 0.353. The molecule has 0 N–H and O–H groups in total. The van der Waals surface area contributed by atoms with Crippen LogP contribution in [-0.2, 0) is 4.79 Å². The maximum absolute atomic E-state index is 13.2. The van der Waals surface area contributed by atoms with Crippen molar-refractivity contribution in [1.82, 2.24) is 0 Å². The first-order chi connectivity index (χ1) is 19.3. The van der Waals surface area contributed by atoms with E-state index < -0.39 is 0 Å². The molecule has 1 fully saturated rings. The van der Waals surface area contributed by atoms with Gasteiger partial charge in [-0.15, -0.1) is 0 Å². The van der Waals surface area contributed by atoms with Gasteiger partial charge in [0.25, 0.3) is 0 Å². The average molecular weight is 536 g/mol. The predicted octanol–water partition coefficient (Wildman–Crippen LogP) is 8.14. The van der Waals surface area contributed by atoms with Crippen LogP contribution in [0.1, 0.15) is 54.4 Å². The van der Waals surface area contributed by atoms with Gasteiger partial charge in [-0.3, -0.25) is 14.8 Å². The highest BCUT2D eigenvalue weighted by Gasteiger charge is 2.27. The Hall–Kier alpha value is -4.06. The lowest BCUT2D eigenvalue weighted by molar-refractivity contribution is -0.112. The summed E-state index contributed by atoms with van der Waals surface area (Å²) >= 11 is 0. The number of nitrogens with zero attached hydrogens (tertiary/aromatic N) is 5. The lowest BCUT2D eigenvalue weighted by Crippen LogP contribution is -2.33. The number of para-hydroxylation sites is 1. The molecule has 1 aliphatic rings. The van der Waals surface area contributed by atoms with E-state index in [4.69, 9.17) is 15.0 Å². The Kier molecular flexibility index (Phi) is 9.65. The molecule has 3 aromatic rings. The van der Waals surface area contributed by atoms with Crippen LogP contribution in [0, 0.1) is 0 Å². The molecule has 1 saturated carbocycles. The molecule has 0 atom stereocenters. The molecule has 0 bridgehead atoms. The van der Waals surface area contributed by atoms with E-state index in [-0.39, 0.29) is 12.2 Å². The monoisotopic (exact) mass is 535 g/mol. The molecular formula is C34H41N5O. The van der Waals surface area contributed by atoms with E-state index in [1.54, 1.807) is 0 Å². The average Bonchev–Trinajstić information content (AvgIpc) is 2.94. The third-order valence-electron chi connectivity index (χ3n) is 7.16. The summed E-state index contributed by atoms with van der Waals surface area (Å²) in [4.78, 5) is 32.5. The van der Waals surface area contributed by atoms with E-state index in [1.807, 2.05) is 54.6 Å². The first-order valence-corrected chi connectivity index (χ1v) is 14.3. The Bertz CT molecular complexity index is 1370. The van der Waals surface area contributed by atoms with E-state index >= 15 is 0 Å². The van der Waals surface area contributed by atoms with Crippen LogP contribution in [0.2, 0.25) is 0 Å². The molecule has 0 saturated heterocycles. The van der Waals surface area contributed by atoms with Gasteiger partial charge in [-0.05, 0) is 102 Å². The normalized spacial score (nSPS) is 16.9. The SMILES string of the molecule is CCN(c1ccc(N=C2CC(=Nc3ccc(N(CC)C(C)C)cc3)C(=Nc3ccccc3)CC2=O)cc1)C(C)C. The summed E-state index contributed by atoms with van der Waals surface area (Å²) in [5.74, 6) is -0.0130. The molecule has 3 aromatic carbocycles. The Labute approximate surface area is 239 Å². The number of aliphatic imine (C=N–C) groups is 3. The first-order valence-electron chi connectivity index (χ1n) is 14.3. The highest BCUT2D eigenvalue weighted by atomic mass is 16.1. The van der Waals surface area contributed by atoms with Crippen LogP contribution in [0.5, 0.6) is 0 Å². The number of anilines is 2. The van der Waals surface area contributed by atoms with Gasteiger partial charge < -0.3 is 9.80 Å². The smallest absolute Gasteiger partial charge is 0.183 e. The van der Waals surface area contributed by atoms with E-state index in [1.165, 1.54) is 5.69 Å². The van der Waals surface area contributed by atoms with E-state index in [2.05, 4.69) is 75.6 Å². The fourth-order valence-corrected chi connectivity index (χ4v) is 5.12. The highest BCUT2D eigenvalue weighted by Crippen LogP contribution is 2.26.